The van der Waals surface area contributed by atoms with Gasteiger partial charge in [0.1, 0.15) is 5.78 Å². The molecule has 1 atom stereocenters. The van der Waals surface area contributed by atoms with E-state index >= 15 is 0 Å². The van der Waals surface area contributed by atoms with Crippen LogP contribution in [0, 0.1) is 5.92 Å². The van der Waals surface area contributed by atoms with Crippen molar-refractivity contribution in [3.63, 3.8) is 0 Å². The lowest BCUT2D eigenvalue weighted by molar-refractivity contribution is -0.122. The standard InChI is InChI=1S/C11H23NO/c1-4-5-6-7-8-11(13)10(2)9-12-3/h10,12H,4-9H2,1-3H3. The molecule has 0 spiro atoms. The van der Waals surface area contributed by atoms with E-state index in [4.69, 9.17) is 0 Å². The number of hydrogen-bond donors (Lipinski definition) is 1. The van der Waals surface area contributed by atoms with Gasteiger partial charge in [0.05, 0.1) is 0 Å². The first-order valence-electron chi connectivity index (χ1n) is 5.39. The maximum Gasteiger partial charge on any atom is 0.136 e. The number of carbonyl (C=O) groups is 1. The molecule has 0 saturated carbocycles. The molecule has 0 aliphatic heterocycles. The van der Waals surface area contributed by atoms with Crippen LogP contribution in [0.4, 0.5) is 0 Å². The van der Waals surface area contributed by atoms with Gasteiger partial charge in [-0.05, 0) is 13.5 Å². The van der Waals surface area contributed by atoms with Crippen LogP contribution < -0.4 is 5.32 Å². The summed E-state index contributed by atoms with van der Waals surface area (Å²) < 4.78 is 0. The van der Waals surface area contributed by atoms with E-state index in [1.54, 1.807) is 0 Å². The summed E-state index contributed by atoms with van der Waals surface area (Å²) in [5.74, 6) is 0.595. The molecule has 13 heavy (non-hydrogen) atoms. The monoisotopic (exact) mass is 185 g/mol. The van der Waals surface area contributed by atoms with Gasteiger partial charge in [0.25, 0.3) is 0 Å². The van der Waals surface area contributed by atoms with Gasteiger partial charge >= 0.3 is 0 Å². The van der Waals surface area contributed by atoms with Crippen molar-refractivity contribution in [2.24, 2.45) is 5.92 Å². The Balaban J connectivity index is 3.38. The molecule has 0 aromatic carbocycles. The minimum Gasteiger partial charge on any atom is -0.319 e. The highest BCUT2D eigenvalue weighted by molar-refractivity contribution is 5.80. The zero-order valence-corrected chi connectivity index (χ0v) is 9.23. The molecule has 1 N–H and O–H groups in total. The van der Waals surface area contributed by atoms with Crippen molar-refractivity contribution in [3.8, 4) is 0 Å². The van der Waals surface area contributed by atoms with Gasteiger partial charge in [0.15, 0.2) is 0 Å². The fourth-order valence-electron chi connectivity index (χ4n) is 1.39. The van der Waals surface area contributed by atoms with E-state index in [0.29, 0.717) is 5.78 Å². The molecule has 0 aromatic heterocycles. The fraction of sp³-hybridized carbons (Fsp3) is 0.909. The summed E-state index contributed by atoms with van der Waals surface area (Å²) in [5.41, 5.74) is 0. The van der Waals surface area contributed by atoms with Crippen LogP contribution in [0.3, 0.4) is 0 Å². The van der Waals surface area contributed by atoms with E-state index in [2.05, 4.69) is 12.2 Å². The van der Waals surface area contributed by atoms with E-state index in [-0.39, 0.29) is 5.92 Å². The average Bonchev–Trinajstić information content (AvgIpc) is 2.12. The number of rotatable bonds is 8. The lowest BCUT2D eigenvalue weighted by Crippen LogP contribution is -2.23. The molecule has 0 rings (SSSR count). The number of carbonyl (C=O) groups excluding carboxylic acids is 1. The molecular weight excluding hydrogens is 162 g/mol. The van der Waals surface area contributed by atoms with Gasteiger partial charge in [0.2, 0.25) is 0 Å². The van der Waals surface area contributed by atoms with Crippen LogP contribution in [-0.4, -0.2) is 19.4 Å². The highest BCUT2D eigenvalue weighted by atomic mass is 16.1. The normalized spacial score (nSPS) is 12.8. The molecule has 0 radical (unpaired) electrons. The highest BCUT2D eigenvalue weighted by Crippen LogP contribution is 2.07. The molecule has 78 valence electrons. The van der Waals surface area contributed by atoms with E-state index in [1.165, 1.54) is 19.3 Å². The Morgan fingerprint density at radius 1 is 1.31 bits per heavy atom. The van der Waals surface area contributed by atoms with Gasteiger partial charge < -0.3 is 5.32 Å². The summed E-state index contributed by atoms with van der Waals surface area (Å²) >= 11 is 0. The third kappa shape index (κ3) is 6.76. The van der Waals surface area contributed by atoms with Crippen molar-refractivity contribution >= 4 is 5.78 Å². The van der Waals surface area contributed by atoms with Crippen LogP contribution in [-0.2, 0) is 4.79 Å². The number of ketones is 1. The van der Waals surface area contributed by atoms with Crippen LogP contribution >= 0.6 is 0 Å². The molecule has 2 heteroatoms. The number of nitrogens with one attached hydrogen (secondary N) is 1. The SMILES string of the molecule is CCCCCCC(=O)C(C)CNC. The smallest absolute Gasteiger partial charge is 0.136 e. The van der Waals surface area contributed by atoms with Crippen molar-refractivity contribution in [1.82, 2.24) is 5.32 Å². The van der Waals surface area contributed by atoms with Crippen LogP contribution in [0.1, 0.15) is 46.0 Å². The highest BCUT2D eigenvalue weighted by Gasteiger charge is 2.10. The second-order valence-electron chi connectivity index (χ2n) is 3.74. The minimum atomic E-state index is 0.187. The Hall–Kier alpha value is -0.370. The molecule has 0 fully saturated rings. The largest absolute Gasteiger partial charge is 0.319 e. The Morgan fingerprint density at radius 2 is 2.00 bits per heavy atom. The first kappa shape index (κ1) is 12.6. The average molecular weight is 185 g/mol. The summed E-state index contributed by atoms with van der Waals surface area (Å²) in [6, 6.07) is 0. The molecule has 0 amide bonds. The van der Waals surface area contributed by atoms with E-state index in [0.717, 1.165) is 19.4 Å². The summed E-state index contributed by atoms with van der Waals surface area (Å²) in [5, 5.41) is 3.03. The molecule has 0 aliphatic rings. The van der Waals surface area contributed by atoms with Gasteiger partial charge in [0, 0.05) is 18.9 Å². The van der Waals surface area contributed by atoms with Crippen LogP contribution in [0.15, 0.2) is 0 Å². The van der Waals surface area contributed by atoms with Crippen LogP contribution in [0.25, 0.3) is 0 Å². The Morgan fingerprint density at radius 3 is 2.54 bits per heavy atom. The minimum absolute atomic E-state index is 0.187. The molecule has 0 aromatic rings. The third-order valence-electron chi connectivity index (χ3n) is 2.34. The topological polar surface area (TPSA) is 29.1 Å². The van der Waals surface area contributed by atoms with Crippen molar-refractivity contribution < 1.29 is 4.79 Å². The summed E-state index contributed by atoms with van der Waals surface area (Å²) in [7, 11) is 1.89. The zero-order valence-electron chi connectivity index (χ0n) is 9.23. The van der Waals surface area contributed by atoms with Gasteiger partial charge in [-0.1, -0.05) is 33.1 Å². The maximum atomic E-state index is 11.5. The molecule has 0 aliphatic carbocycles. The first-order valence-corrected chi connectivity index (χ1v) is 5.39. The summed E-state index contributed by atoms with van der Waals surface area (Å²) in [4.78, 5) is 11.5. The molecular formula is C11H23NO. The van der Waals surface area contributed by atoms with Crippen molar-refractivity contribution in [2.75, 3.05) is 13.6 Å². The molecule has 1 unspecified atom stereocenters. The maximum absolute atomic E-state index is 11.5. The Labute approximate surface area is 82.1 Å². The number of unbranched alkanes of at least 4 members (excludes halogenated alkanes) is 3. The summed E-state index contributed by atoms with van der Waals surface area (Å²) in [6.07, 6.45) is 5.53. The van der Waals surface area contributed by atoms with Gasteiger partial charge in [-0.2, -0.15) is 0 Å². The third-order valence-corrected chi connectivity index (χ3v) is 2.34. The van der Waals surface area contributed by atoms with E-state index in [9.17, 15) is 4.79 Å². The number of hydrogen-bond acceptors (Lipinski definition) is 2. The molecule has 0 heterocycles. The lowest BCUT2D eigenvalue weighted by atomic mass is 10.0. The predicted octanol–water partition coefficient (Wildman–Crippen LogP) is 2.38. The molecule has 0 bridgehead atoms. The molecule has 2 nitrogen and oxygen atoms in total. The van der Waals surface area contributed by atoms with Gasteiger partial charge in [-0.25, -0.2) is 0 Å². The zero-order chi connectivity index (χ0) is 10.1. The quantitative estimate of drug-likeness (QED) is 0.588. The Kier molecular flexibility index (Phi) is 8.00. The second kappa shape index (κ2) is 8.24. The fourth-order valence-corrected chi connectivity index (χ4v) is 1.39. The van der Waals surface area contributed by atoms with E-state index in [1.807, 2.05) is 14.0 Å². The molecule has 0 saturated heterocycles. The van der Waals surface area contributed by atoms with Crippen molar-refractivity contribution in [3.05, 3.63) is 0 Å². The van der Waals surface area contributed by atoms with E-state index < -0.39 is 0 Å². The Bertz CT molecular complexity index is 134. The van der Waals surface area contributed by atoms with Crippen molar-refractivity contribution in [2.45, 2.75) is 46.0 Å². The summed E-state index contributed by atoms with van der Waals surface area (Å²) in [6.45, 7) is 5.00. The van der Waals surface area contributed by atoms with Gasteiger partial charge in [-0.15, -0.1) is 0 Å². The number of Topliss-reactive ketones (excluding diaryl/α,β-unsaturated/α-hetero) is 1. The second-order valence-corrected chi connectivity index (χ2v) is 3.74. The first-order chi connectivity index (χ1) is 6.22. The van der Waals surface area contributed by atoms with Gasteiger partial charge in [-0.3, -0.25) is 4.79 Å². The van der Waals surface area contributed by atoms with Crippen molar-refractivity contribution in [1.29, 1.82) is 0 Å². The predicted molar refractivity (Wildman–Crippen MR) is 56.9 cm³/mol. The van der Waals surface area contributed by atoms with Crippen LogP contribution in [0.2, 0.25) is 0 Å². The lowest BCUT2D eigenvalue weighted by Gasteiger charge is -2.08. The van der Waals surface area contributed by atoms with Crippen LogP contribution in [0.5, 0.6) is 0 Å².